The predicted octanol–water partition coefficient (Wildman–Crippen LogP) is 2.59. The molecule has 0 saturated carbocycles. The molecule has 8 nitrogen and oxygen atoms in total. The number of methoxy groups -OCH3 is 1. The van der Waals surface area contributed by atoms with Gasteiger partial charge in [0.2, 0.25) is 10.0 Å². The molecule has 3 rings (SSSR count). The highest BCUT2D eigenvalue weighted by atomic mass is 32.2. The van der Waals surface area contributed by atoms with Gasteiger partial charge in [0.25, 0.3) is 5.91 Å². The van der Waals surface area contributed by atoms with Crippen LogP contribution in [0.1, 0.15) is 20.7 Å². The first-order valence-corrected chi connectivity index (χ1v) is 10.3. The van der Waals surface area contributed by atoms with Gasteiger partial charge in [-0.1, -0.05) is 11.3 Å². The zero-order chi connectivity index (χ0) is 20.5. The first-order valence-electron chi connectivity index (χ1n) is 8.05. The summed E-state index contributed by atoms with van der Waals surface area (Å²) in [5.41, 5.74) is 1.27. The standard InChI is InChI=1S/C18H17N3O5S2/c1-21(2)28(24,25)13-8-9-14-15(10-13)27-18(19-14)20-16(22)11-4-6-12(7-5-11)17(23)26-3/h4-10H,1-3H3,(H,19,20,22). The second kappa shape index (κ2) is 7.66. The minimum absolute atomic E-state index is 0.157. The normalized spacial score (nSPS) is 11.6. The van der Waals surface area contributed by atoms with Crippen molar-refractivity contribution in [3.63, 3.8) is 0 Å². The van der Waals surface area contributed by atoms with Crippen LogP contribution in [0.25, 0.3) is 10.2 Å². The molecule has 10 heteroatoms. The first kappa shape index (κ1) is 19.9. The number of hydrogen-bond donors (Lipinski definition) is 1. The van der Waals surface area contributed by atoms with Crippen LogP contribution in [0.4, 0.5) is 5.13 Å². The second-order valence-corrected chi connectivity index (χ2v) is 9.14. The molecule has 0 saturated heterocycles. The van der Waals surface area contributed by atoms with Crippen LogP contribution >= 0.6 is 11.3 Å². The number of carbonyl (C=O) groups excluding carboxylic acids is 2. The molecule has 1 aromatic heterocycles. The minimum atomic E-state index is -3.55. The van der Waals surface area contributed by atoms with E-state index in [0.29, 0.717) is 26.5 Å². The van der Waals surface area contributed by atoms with Crippen molar-refractivity contribution < 1.29 is 22.7 Å². The van der Waals surface area contributed by atoms with E-state index in [2.05, 4.69) is 15.0 Å². The van der Waals surface area contributed by atoms with Gasteiger partial charge in [0.05, 0.1) is 27.8 Å². The van der Waals surface area contributed by atoms with E-state index < -0.39 is 21.9 Å². The molecule has 3 aromatic rings. The quantitative estimate of drug-likeness (QED) is 0.637. The van der Waals surface area contributed by atoms with Gasteiger partial charge in [0.15, 0.2) is 5.13 Å². The Morgan fingerprint density at radius 1 is 1.07 bits per heavy atom. The van der Waals surface area contributed by atoms with Crippen molar-refractivity contribution in [1.29, 1.82) is 0 Å². The number of hydrogen-bond acceptors (Lipinski definition) is 7. The number of nitrogens with zero attached hydrogens (tertiary/aromatic N) is 2. The molecule has 2 aromatic carbocycles. The number of aromatic nitrogens is 1. The zero-order valence-corrected chi connectivity index (χ0v) is 16.9. The third-order valence-corrected chi connectivity index (χ3v) is 6.67. The van der Waals surface area contributed by atoms with Gasteiger partial charge in [-0.2, -0.15) is 0 Å². The van der Waals surface area contributed by atoms with E-state index >= 15 is 0 Å². The lowest BCUT2D eigenvalue weighted by Gasteiger charge is -2.10. The van der Waals surface area contributed by atoms with Gasteiger partial charge in [-0.3, -0.25) is 10.1 Å². The molecule has 28 heavy (non-hydrogen) atoms. The van der Waals surface area contributed by atoms with Gasteiger partial charge in [-0.25, -0.2) is 22.5 Å². The van der Waals surface area contributed by atoms with E-state index in [-0.39, 0.29) is 4.90 Å². The summed E-state index contributed by atoms with van der Waals surface area (Å²) in [6.07, 6.45) is 0. The van der Waals surface area contributed by atoms with Crippen LogP contribution in [-0.4, -0.2) is 50.8 Å². The van der Waals surface area contributed by atoms with E-state index in [1.54, 1.807) is 6.07 Å². The Kier molecular flexibility index (Phi) is 5.45. The molecular weight excluding hydrogens is 402 g/mol. The van der Waals surface area contributed by atoms with Crippen LogP contribution in [0.3, 0.4) is 0 Å². The van der Waals surface area contributed by atoms with Crippen molar-refractivity contribution in [3.8, 4) is 0 Å². The Morgan fingerprint density at radius 2 is 1.71 bits per heavy atom. The number of anilines is 1. The van der Waals surface area contributed by atoms with Crippen molar-refractivity contribution in [2.75, 3.05) is 26.5 Å². The molecule has 0 radical (unpaired) electrons. The number of amides is 1. The fourth-order valence-corrected chi connectivity index (χ4v) is 4.28. The summed E-state index contributed by atoms with van der Waals surface area (Å²) in [6, 6.07) is 10.6. The van der Waals surface area contributed by atoms with E-state index in [0.717, 1.165) is 4.31 Å². The lowest BCUT2D eigenvalue weighted by Crippen LogP contribution is -2.22. The fourth-order valence-electron chi connectivity index (χ4n) is 2.37. The molecule has 0 spiro atoms. The van der Waals surface area contributed by atoms with Crippen LogP contribution in [0.5, 0.6) is 0 Å². The van der Waals surface area contributed by atoms with Crippen LogP contribution in [0.15, 0.2) is 47.4 Å². The van der Waals surface area contributed by atoms with E-state index in [4.69, 9.17) is 0 Å². The van der Waals surface area contributed by atoms with Gasteiger partial charge in [0.1, 0.15) is 0 Å². The van der Waals surface area contributed by atoms with Gasteiger partial charge in [-0.15, -0.1) is 0 Å². The second-order valence-electron chi connectivity index (χ2n) is 5.96. The maximum absolute atomic E-state index is 12.4. The van der Waals surface area contributed by atoms with Gasteiger partial charge < -0.3 is 4.74 Å². The molecule has 0 aliphatic rings. The maximum Gasteiger partial charge on any atom is 0.337 e. The molecule has 0 fully saturated rings. The van der Waals surface area contributed by atoms with E-state index in [9.17, 15) is 18.0 Å². The number of benzene rings is 2. The number of esters is 1. The monoisotopic (exact) mass is 419 g/mol. The summed E-state index contributed by atoms with van der Waals surface area (Å²) in [7, 11) is 0.655. The van der Waals surface area contributed by atoms with Crippen molar-refractivity contribution in [1.82, 2.24) is 9.29 Å². The van der Waals surface area contributed by atoms with Gasteiger partial charge in [0, 0.05) is 19.7 Å². The van der Waals surface area contributed by atoms with Crippen molar-refractivity contribution >= 4 is 48.6 Å². The highest BCUT2D eigenvalue weighted by Crippen LogP contribution is 2.29. The Bertz CT molecular complexity index is 1150. The third kappa shape index (κ3) is 3.88. The fraction of sp³-hybridized carbons (Fsp3) is 0.167. The number of sulfonamides is 1. The first-order chi connectivity index (χ1) is 13.2. The van der Waals surface area contributed by atoms with E-state index in [1.165, 1.54) is 68.9 Å². The lowest BCUT2D eigenvalue weighted by atomic mass is 10.1. The van der Waals surface area contributed by atoms with E-state index in [1.807, 2.05) is 0 Å². The number of rotatable bonds is 5. The Labute approximate surface area is 165 Å². The molecule has 0 aliphatic heterocycles. The average molecular weight is 419 g/mol. The Balaban J connectivity index is 1.82. The number of fused-ring (bicyclic) bond motifs is 1. The Hall–Kier alpha value is -2.82. The number of nitrogens with one attached hydrogen (secondary N) is 1. The summed E-state index contributed by atoms with van der Waals surface area (Å²) in [4.78, 5) is 28.3. The average Bonchev–Trinajstić information content (AvgIpc) is 3.08. The van der Waals surface area contributed by atoms with Gasteiger partial charge in [-0.05, 0) is 42.5 Å². The summed E-state index contributed by atoms with van der Waals surface area (Å²) < 4.78 is 30.9. The highest BCUT2D eigenvalue weighted by molar-refractivity contribution is 7.89. The van der Waals surface area contributed by atoms with Gasteiger partial charge >= 0.3 is 5.97 Å². The topological polar surface area (TPSA) is 106 Å². The molecule has 1 heterocycles. The molecular formula is C18H17N3O5S2. The summed E-state index contributed by atoms with van der Waals surface area (Å²) in [6.45, 7) is 0. The Morgan fingerprint density at radius 3 is 2.32 bits per heavy atom. The number of ether oxygens (including phenoxy) is 1. The van der Waals surface area contributed by atoms with Crippen LogP contribution < -0.4 is 5.32 Å². The molecule has 146 valence electrons. The highest BCUT2D eigenvalue weighted by Gasteiger charge is 2.19. The zero-order valence-electron chi connectivity index (χ0n) is 15.3. The minimum Gasteiger partial charge on any atom is -0.465 e. The van der Waals surface area contributed by atoms with Crippen molar-refractivity contribution in [2.45, 2.75) is 4.90 Å². The molecule has 0 atom stereocenters. The molecule has 1 amide bonds. The third-order valence-electron chi connectivity index (χ3n) is 3.93. The maximum atomic E-state index is 12.4. The molecule has 0 aliphatic carbocycles. The number of carbonyl (C=O) groups is 2. The number of thiazole rings is 1. The molecule has 1 N–H and O–H groups in total. The van der Waals surface area contributed by atoms with Crippen LogP contribution in [-0.2, 0) is 14.8 Å². The largest absolute Gasteiger partial charge is 0.465 e. The lowest BCUT2D eigenvalue weighted by molar-refractivity contribution is 0.0600. The summed E-state index contributed by atoms with van der Waals surface area (Å²) >= 11 is 1.17. The molecule has 0 unspecified atom stereocenters. The smallest absolute Gasteiger partial charge is 0.337 e. The summed E-state index contributed by atoms with van der Waals surface area (Å²) in [5, 5.41) is 3.03. The SMILES string of the molecule is COC(=O)c1ccc(C(=O)Nc2nc3ccc(S(=O)(=O)N(C)C)cc3s2)cc1. The summed E-state index contributed by atoms with van der Waals surface area (Å²) in [5.74, 6) is -0.877. The predicted molar refractivity (Wildman–Crippen MR) is 106 cm³/mol. The van der Waals surface area contributed by atoms with Crippen LogP contribution in [0.2, 0.25) is 0 Å². The van der Waals surface area contributed by atoms with Crippen LogP contribution in [0, 0.1) is 0 Å². The van der Waals surface area contributed by atoms with Crippen molar-refractivity contribution in [2.24, 2.45) is 0 Å². The molecule has 0 bridgehead atoms. The van der Waals surface area contributed by atoms with Crippen molar-refractivity contribution in [3.05, 3.63) is 53.6 Å².